The molecule has 0 aromatic heterocycles. The summed E-state index contributed by atoms with van der Waals surface area (Å²) in [6, 6.07) is 14.9. The number of carboxylic acid groups (broad SMARTS) is 1. The molecule has 4 atom stereocenters. The summed E-state index contributed by atoms with van der Waals surface area (Å²) in [6.45, 7) is 3.14. The highest BCUT2D eigenvalue weighted by molar-refractivity contribution is 8.14. The molecule has 2 saturated heterocycles. The van der Waals surface area contributed by atoms with Gasteiger partial charge in [-0.15, -0.1) is 11.8 Å². The summed E-state index contributed by atoms with van der Waals surface area (Å²) in [4.78, 5) is 93.7. The maximum absolute atomic E-state index is 13.9. The van der Waals surface area contributed by atoms with Gasteiger partial charge in [0.1, 0.15) is 17.1 Å². The number of piperazine rings is 1. The molecule has 5 rings (SSSR count). The van der Waals surface area contributed by atoms with Gasteiger partial charge in [0.15, 0.2) is 5.12 Å². The lowest BCUT2D eigenvalue weighted by Crippen LogP contribution is -2.61. The lowest BCUT2D eigenvalue weighted by molar-refractivity contribution is -0.154. The van der Waals surface area contributed by atoms with Crippen LogP contribution in [0.1, 0.15) is 31.0 Å². The highest BCUT2D eigenvalue weighted by Gasteiger charge is 2.52. The van der Waals surface area contributed by atoms with E-state index in [1.807, 2.05) is 30.3 Å². The third-order valence-electron chi connectivity index (χ3n) is 7.77. The van der Waals surface area contributed by atoms with Crippen molar-refractivity contribution in [3.05, 3.63) is 83.1 Å². The normalized spacial score (nSPS) is 20.8. The molecular weight excluding hydrogens is 635 g/mol. The maximum Gasteiger partial charge on any atom is 0.352 e. The molecule has 2 unspecified atom stereocenters. The highest BCUT2D eigenvalue weighted by Crippen LogP contribution is 2.45. The number of hydrogen-bond acceptors (Lipinski definition) is 9. The second-order valence-electron chi connectivity index (χ2n) is 10.8. The zero-order chi connectivity index (χ0) is 33.1. The summed E-state index contributed by atoms with van der Waals surface area (Å²) in [5.74, 6) is -4.68. The molecule has 0 aliphatic carbocycles. The molecule has 0 spiro atoms. The van der Waals surface area contributed by atoms with Gasteiger partial charge in [0.05, 0.1) is 11.3 Å². The molecule has 2 fully saturated rings. The van der Waals surface area contributed by atoms with Gasteiger partial charge < -0.3 is 20.6 Å². The molecule has 3 N–H and O–H groups in total. The van der Waals surface area contributed by atoms with E-state index in [0.717, 1.165) is 10.5 Å². The van der Waals surface area contributed by atoms with Crippen LogP contribution in [-0.4, -0.2) is 90.1 Å². The van der Waals surface area contributed by atoms with E-state index in [-0.39, 0.29) is 53.9 Å². The molecule has 15 heteroatoms. The van der Waals surface area contributed by atoms with E-state index < -0.39 is 46.3 Å². The number of nitrogens with one attached hydrogen (secondary N) is 2. The van der Waals surface area contributed by atoms with E-state index in [9.17, 15) is 38.7 Å². The Labute approximate surface area is 272 Å². The van der Waals surface area contributed by atoms with Gasteiger partial charge in [-0.2, -0.15) is 0 Å². The Balaban J connectivity index is 1.37. The number of fused-ring (bicyclic) bond motifs is 1. The average molecular weight is 666 g/mol. The van der Waals surface area contributed by atoms with Gasteiger partial charge in [0.2, 0.25) is 11.8 Å². The molecular formula is C31H31N5O8S2. The standard InChI is InChI=1S/C31H31N5O8S2/c1-17-26(39)36-23(30(42)43)21(16-45-29(17)36)25(46-18(2)37)33-24(38)22(20-11-7-4-8-12-20)32-31(44)35-14-13-34(27(40)28(35)41)15-19-9-5-3-6-10-19/h3-12,17,22,25,29H,13-16H2,1-2H3,(H,32,44)(H,33,38)(H,42,43)/t17-,22?,25?,29+/m0/s1. The summed E-state index contributed by atoms with van der Waals surface area (Å²) in [7, 11) is 0. The van der Waals surface area contributed by atoms with Gasteiger partial charge in [-0.05, 0) is 11.1 Å². The summed E-state index contributed by atoms with van der Waals surface area (Å²) in [5, 5.41) is 13.3. The van der Waals surface area contributed by atoms with E-state index >= 15 is 0 Å². The number of urea groups is 1. The minimum atomic E-state index is -1.39. The topological polar surface area (TPSA) is 173 Å². The first kappa shape index (κ1) is 32.8. The Morgan fingerprint density at radius 2 is 1.61 bits per heavy atom. The zero-order valence-electron chi connectivity index (χ0n) is 24.9. The number of nitrogens with zero attached hydrogens (tertiary/aromatic N) is 3. The monoisotopic (exact) mass is 665 g/mol. The zero-order valence-corrected chi connectivity index (χ0v) is 26.5. The fraction of sp³-hybridized carbons (Fsp3) is 0.323. The van der Waals surface area contributed by atoms with Gasteiger partial charge in [-0.1, -0.05) is 79.3 Å². The number of carbonyl (C=O) groups is 7. The molecule has 240 valence electrons. The van der Waals surface area contributed by atoms with Gasteiger partial charge in [-0.25, -0.2) is 9.59 Å². The van der Waals surface area contributed by atoms with Crippen molar-refractivity contribution < 1.29 is 38.7 Å². The summed E-state index contributed by atoms with van der Waals surface area (Å²) in [5.41, 5.74) is 1.03. The fourth-order valence-corrected chi connectivity index (χ4v) is 7.81. The predicted octanol–water partition coefficient (Wildman–Crippen LogP) is 1.92. The second-order valence-corrected chi connectivity index (χ2v) is 13.2. The number of imide groups is 1. The summed E-state index contributed by atoms with van der Waals surface area (Å²) >= 11 is 2.01. The number of carboxylic acids is 1. The minimum Gasteiger partial charge on any atom is -0.477 e. The molecule has 0 radical (unpaired) electrons. The quantitative estimate of drug-likeness (QED) is 0.204. The van der Waals surface area contributed by atoms with Crippen LogP contribution < -0.4 is 10.6 Å². The number of benzene rings is 2. The number of thioether (sulfide) groups is 2. The van der Waals surface area contributed by atoms with E-state index in [0.29, 0.717) is 17.3 Å². The van der Waals surface area contributed by atoms with Crippen molar-refractivity contribution in [1.29, 1.82) is 0 Å². The molecule has 3 aliphatic rings. The second kappa shape index (κ2) is 13.8. The molecule has 3 aliphatic heterocycles. The van der Waals surface area contributed by atoms with Gasteiger partial charge in [-0.3, -0.25) is 33.8 Å². The van der Waals surface area contributed by atoms with Crippen molar-refractivity contribution in [3.8, 4) is 0 Å². The minimum absolute atomic E-state index is 0.0883. The summed E-state index contributed by atoms with van der Waals surface area (Å²) in [6.07, 6.45) is 0. The number of rotatable bonds is 9. The first-order valence-corrected chi connectivity index (χ1v) is 16.3. The van der Waals surface area contributed by atoms with E-state index in [1.165, 1.54) is 28.5 Å². The van der Waals surface area contributed by atoms with E-state index in [2.05, 4.69) is 10.6 Å². The lowest BCUT2D eigenvalue weighted by atomic mass is 9.97. The van der Waals surface area contributed by atoms with Crippen LogP contribution in [0.5, 0.6) is 0 Å². The number of aliphatic carboxylic acids is 1. The Kier molecular flexibility index (Phi) is 9.82. The maximum atomic E-state index is 13.9. The van der Waals surface area contributed by atoms with Gasteiger partial charge >= 0.3 is 23.8 Å². The molecule has 13 nitrogen and oxygen atoms in total. The van der Waals surface area contributed by atoms with Crippen molar-refractivity contribution in [2.75, 3.05) is 18.8 Å². The molecule has 0 saturated carbocycles. The Morgan fingerprint density at radius 3 is 2.24 bits per heavy atom. The van der Waals surface area contributed by atoms with Crippen molar-refractivity contribution >= 4 is 64.3 Å². The SMILES string of the molecule is CC(=O)SC(NC(=O)C(NC(=O)N1CCN(Cc2ccccc2)C(=O)C1=O)c1ccccc1)C1=C(C(=O)O)N2C(=O)[C@H](C)[C@H]2SC1. The highest BCUT2D eigenvalue weighted by atomic mass is 32.2. The Morgan fingerprint density at radius 1 is 0.957 bits per heavy atom. The molecule has 46 heavy (non-hydrogen) atoms. The van der Waals surface area contributed by atoms with Crippen LogP contribution in [0.25, 0.3) is 0 Å². The number of β-lactam (4-membered cyclic amide) rings is 1. The number of carbonyl (C=O) groups excluding carboxylic acids is 6. The molecule has 6 amide bonds. The summed E-state index contributed by atoms with van der Waals surface area (Å²) < 4.78 is 0. The van der Waals surface area contributed by atoms with Crippen LogP contribution in [0.4, 0.5) is 4.79 Å². The molecule has 0 bridgehead atoms. The largest absolute Gasteiger partial charge is 0.477 e. The fourth-order valence-electron chi connectivity index (χ4n) is 5.44. The number of amides is 6. The Bertz CT molecular complexity index is 1620. The number of hydrogen-bond donors (Lipinski definition) is 3. The molecule has 2 aromatic rings. The Hall–Kier alpha value is -4.63. The van der Waals surface area contributed by atoms with Gasteiger partial charge in [0.25, 0.3) is 0 Å². The van der Waals surface area contributed by atoms with Crippen LogP contribution in [0.3, 0.4) is 0 Å². The molecule has 2 aromatic carbocycles. The van der Waals surface area contributed by atoms with E-state index in [1.54, 1.807) is 37.3 Å². The predicted molar refractivity (Wildman–Crippen MR) is 168 cm³/mol. The third kappa shape index (κ3) is 6.65. The van der Waals surface area contributed by atoms with Crippen LogP contribution in [0, 0.1) is 5.92 Å². The van der Waals surface area contributed by atoms with Gasteiger partial charge in [0, 0.05) is 37.9 Å². The van der Waals surface area contributed by atoms with Crippen LogP contribution in [0.15, 0.2) is 71.9 Å². The third-order valence-corrected chi connectivity index (χ3v) is 10.2. The van der Waals surface area contributed by atoms with Crippen molar-refractivity contribution in [2.24, 2.45) is 5.92 Å². The van der Waals surface area contributed by atoms with Crippen molar-refractivity contribution in [3.63, 3.8) is 0 Å². The first-order valence-electron chi connectivity index (χ1n) is 14.4. The van der Waals surface area contributed by atoms with Crippen LogP contribution in [0.2, 0.25) is 0 Å². The van der Waals surface area contributed by atoms with Crippen molar-refractivity contribution in [1.82, 2.24) is 25.3 Å². The smallest absolute Gasteiger partial charge is 0.352 e. The molecule has 3 heterocycles. The van der Waals surface area contributed by atoms with Crippen LogP contribution in [-0.2, 0) is 35.3 Å². The van der Waals surface area contributed by atoms with E-state index in [4.69, 9.17) is 0 Å². The first-order chi connectivity index (χ1) is 22.0. The van der Waals surface area contributed by atoms with Crippen LogP contribution >= 0.6 is 23.5 Å². The van der Waals surface area contributed by atoms with Crippen molar-refractivity contribution in [2.45, 2.75) is 37.2 Å². The average Bonchev–Trinajstić information content (AvgIpc) is 3.04. The lowest BCUT2D eigenvalue weighted by Gasteiger charge is -2.49.